The molecule has 0 unspecified atom stereocenters. The Morgan fingerprint density at radius 2 is 1.88 bits per heavy atom. The van der Waals surface area contributed by atoms with Gasteiger partial charge in [-0.1, -0.05) is 0 Å². The van der Waals surface area contributed by atoms with E-state index in [-0.39, 0.29) is 34.0 Å². The minimum Gasteiger partial charge on any atom is -0.391 e. The first kappa shape index (κ1) is 16.4. The monoisotopic (exact) mass is 370 g/mol. The van der Waals surface area contributed by atoms with Crippen LogP contribution in [0.5, 0.6) is 0 Å². The van der Waals surface area contributed by atoms with Crippen molar-refractivity contribution in [3.8, 4) is 0 Å². The molecule has 0 saturated carbocycles. The Morgan fingerprint density at radius 3 is 2.50 bits per heavy atom. The summed E-state index contributed by atoms with van der Waals surface area (Å²) in [5, 5.41) is 0.980. The molecule has 0 amide bonds. The standard InChI is InChI=1S/C11H18N2S.2BrH/c1-8(2)13-5-3-9-7-11(12)14-10(9)4-6-13;;/h7-8H,3-6,12H2,1-2H3;2*1H. The number of halogens is 2. The summed E-state index contributed by atoms with van der Waals surface area (Å²) in [6.07, 6.45) is 2.34. The van der Waals surface area contributed by atoms with Gasteiger partial charge in [0.05, 0.1) is 5.00 Å². The molecule has 1 aromatic rings. The van der Waals surface area contributed by atoms with Gasteiger partial charge in [0, 0.05) is 24.0 Å². The SMILES string of the molecule is Br.Br.CC(C)N1CCc2cc(N)sc2CC1. The highest BCUT2D eigenvalue weighted by Crippen LogP contribution is 2.27. The van der Waals surface area contributed by atoms with E-state index in [0.717, 1.165) is 5.00 Å². The van der Waals surface area contributed by atoms with Crippen molar-refractivity contribution in [1.82, 2.24) is 4.90 Å². The van der Waals surface area contributed by atoms with Crippen LogP contribution < -0.4 is 5.73 Å². The van der Waals surface area contributed by atoms with Gasteiger partial charge in [-0.15, -0.1) is 45.3 Å². The summed E-state index contributed by atoms with van der Waals surface area (Å²) in [6.45, 7) is 6.91. The van der Waals surface area contributed by atoms with Gasteiger partial charge in [0.2, 0.25) is 0 Å². The zero-order valence-corrected chi connectivity index (χ0v) is 14.0. The molecule has 2 nitrogen and oxygen atoms in total. The summed E-state index contributed by atoms with van der Waals surface area (Å²) in [6, 6.07) is 2.82. The number of nitrogens with zero attached hydrogens (tertiary/aromatic N) is 1. The van der Waals surface area contributed by atoms with Gasteiger partial charge in [0.25, 0.3) is 0 Å². The maximum Gasteiger partial charge on any atom is 0.0862 e. The van der Waals surface area contributed by atoms with Gasteiger partial charge in [0.15, 0.2) is 0 Å². The number of rotatable bonds is 1. The fourth-order valence-corrected chi connectivity index (χ4v) is 3.02. The molecule has 16 heavy (non-hydrogen) atoms. The average molecular weight is 372 g/mol. The second kappa shape index (κ2) is 6.99. The summed E-state index contributed by atoms with van der Waals surface area (Å²) in [5.74, 6) is 0. The molecule has 0 fully saturated rings. The van der Waals surface area contributed by atoms with Crippen molar-refractivity contribution in [2.24, 2.45) is 0 Å². The molecule has 0 radical (unpaired) electrons. The fraction of sp³-hybridized carbons (Fsp3) is 0.636. The Balaban J connectivity index is 0.00000112. The zero-order valence-electron chi connectivity index (χ0n) is 9.73. The summed E-state index contributed by atoms with van der Waals surface area (Å²) < 4.78 is 0. The summed E-state index contributed by atoms with van der Waals surface area (Å²) in [5.41, 5.74) is 7.29. The van der Waals surface area contributed by atoms with E-state index in [1.807, 2.05) is 0 Å². The maximum absolute atomic E-state index is 5.81. The first-order chi connectivity index (χ1) is 6.66. The molecule has 2 heterocycles. The summed E-state index contributed by atoms with van der Waals surface area (Å²) in [4.78, 5) is 4.05. The van der Waals surface area contributed by atoms with Crippen molar-refractivity contribution in [2.75, 3.05) is 18.8 Å². The molecular formula is C11H20Br2N2S. The van der Waals surface area contributed by atoms with Gasteiger partial charge in [0.1, 0.15) is 0 Å². The lowest BCUT2D eigenvalue weighted by Gasteiger charge is -2.23. The Hall–Kier alpha value is 0.420. The lowest BCUT2D eigenvalue weighted by Crippen LogP contribution is -2.33. The molecule has 0 aromatic carbocycles. The lowest BCUT2D eigenvalue weighted by molar-refractivity contribution is 0.233. The van der Waals surface area contributed by atoms with Crippen LogP contribution in [-0.4, -0.2) is 24.0 Å². The molecule has 1 aliphatic heterocycles. The molecule has 0 aliphatic carbocycles. The highest BCUT2D eigenvalue weighted by atomic mass is 79.9. The van der Waals surface area contributed by atoms with Crippen LogP contribution in [0, 0.1) is 0 Å². The highest BCUT2D eigenvalue weighted by Gasteiger charge is 2.17. The fourth-order valence-electron chi connectivity index (χ4n) is 2.05. The number of fused-ring (bicyclic) bond motifs is 1. The third-order valence-electron chi connectivity index (χ3n) is 2.94. The number of hydrogen-bond acceptors (Lipinski definition) is 3. The third-order valence-corrected chi connectivity index (χ3v) is 4.01. The number of thiophene rings is 1. The number of hydrogen-bond donors (Lipinski definition) is 1. The van der Waals surface area contributed by atoms with Crippen LogP contribution in [0.3, 0.4) is 0 Å². The maximum atomic E-state index is 5.81. The van der Waals surface area contributed by atoms with E-state index in [4.69, 9.17) is 5.73 Å². The van der Waals surface area contributed by atoms with Crippen molar-refractivity contribution >= 4 is 50.3 Å². The average Bonchev–Trinajstić information content (AvgIpc) is 2.34. The predicted molar refractivity (Wildman–Crippen MR) is 83.5 cm³/mol. The van der Waals surface area contributed by atoms with Crippen molar-refractivity contribution in [2.45, 2.75) is 32.7 Å². The van der Waals surface area contributed by atoms with Crippen LogP contribution in [0.4, 0.5) is 5.00 Å². The first-order valence-corrected chi connectivity index (χ1v) is 6.09. The first-order valence-electron chi connectivity index (χ1n) is 5.28. The predicted octanol–water partition coefficient (Wildman–Crippen LogP) is 3.30. The molecule has 0 atom stereocenters. The Bertz CT molecular complexity index is 300. The topological polar surface area (TPSA) is 29.3 Å². The lowest BCUT2D eigenvalue weighted by atomic mass is 10.2. The minimum absolute atomic E-state index is 0. The van der Waals surface area contributed by atoms with E-state index in [2.05, 4.69) is 24.8 Å². The molecule has 94 valence electrons. The van der Waals surface area contributed by atoms with Gasteiger partial charge in [-0.2, -0.15) is 0 Å². The van der Waals surface area contributed by atoms with Gasteiger partial charge in [-0.3, -0.25) is 0 Å². The third kappa shape index (κ3) is 3.72. The van der Waals surface area contributed by atoms with Crippen molar-refractivity contribution in [3.05, 3.63) is 16.5 Å². The summed E-state index contributed by atoms with van der Waals surface area (Å²) in [7, 11) is 0. The minimum atomic E-state index is 0. The van der Waals surface area contributed by atoms with Crippen LogP contribution in [0.15, 0.2) is 6.07 Å². The highest BCUT2D eigenvalue weighted by molar-refractivity contribution is 8.93. The van der Waals surface area contributed by atoms with Crippen molar-refractivity contribution < 1.29 is 0 Å². The van der Waals surface area contributed by atoms with Gasteiger partial charge in [-0.05, 0) is 38.3 Å². The zero-order chi connectivity index (χ0) is 10.1. The number of anilines is 1. The second-order valence-corrected chi connectivity index (χ2v) is 5.40. The van der Waals surface area contributed by atoms with Crippen molar-refractivity contribution in [3.63, 3.8) is 0 Å². The molecule has 1 aromatic heterocycles. The summed E-state index contributed by atoms with van der Waals surface area (Å²) >= 11 is 1.77. The molecule has 5 heteroatoms. The van der Waals surface area contributed by atoms with Crippen LogP contribution in [0.1, 0.15) is 24.3 Å². The van der Waals surface area contributed by atoms with Crippen LogP contribution in [-0.2, 0) is 12.8 Å². The number of nitrogen functional groups attached to an aromatic ring is 1. The molecule has 0 bridgehead atoms. The van der Waals surface area contributed by atoms with E-state index >= 15 is 0 Å². The molecule has 2 rings (SSSR count). The van der Waals surface area contributed by atoms with Crippen LogP contribution in [0.2, 0.25) is 0 Å². The van der Waals surface area contributed by atoms with E-state index in [0.29, 0.717) is 6.04 Å². The number of nitrogens with two attached hydrogens (primary N) is 1. The van der Waals surface area contributed by atoms with Gasteiger partial charge in [-0.25, -0.2) is 0 Å². The van der Waals surface area contributed by atoms with Crippen LogP contribution in [0.25, 0.3) is 0 Å². The van der Waals surface area contributed by atoms with E-state index in [9.17, 15) is 0 Å². The van der Waals surface area contributed by atoms with Crippen LogP contribution >= 0.6 is 45.3 Å². The molecule has 0 spiro atoms. The van der Waals surface area contributed by atoms with E-state index in [1.165, 1.54) is 36.4 Å². The normalized spacial score (nSPS) is 15.9. The van der Waals surface area contributed by atoms with Crippen molar-refractivity contribution in [1.29, 1.82) is 0 Å². The Morgan fingerprint density at radius 1 is 1.25 bits per heavy atom. The Labute approximate surface area is 123 Å². The molecule has 0 saturated heterocycles. The molecular weight excluding hydrogens is 352 g/mol. The molecule has 1 aliphatic rings. The largest absolute Gasteiger partial charge is 0.391 e. The second-order valence-electron chi connectivity index (χ2n) is 4.23. The smallest absolute Gasteiger partial charge is 0.0862 e. The quantitative estimate of drug-likeness (QED) is 0.820. The van der Waals surface area contributed by atoms with Gasteiger partial charge < -0.3 is 10.6 Å². The van der Waals surface area contributed by atoms with E-state index in [1.54, 1.807) is 11.3 Å². The molecule has 2 N–H and O–H groups in total. The Kier molecular flexibility index (Phi) is 7.17. The van der Waals surface area contributed by atoms with E-state index < -0.39 is 0 Å². The van der Waals surface area contributed by atoms with Gasteiger partial charge >= 0.3 is 0 Å².